The third kappa shape index (κ3) is 10.0. The normalized spacial score (nSPS) is 16.7. The number of carbonyl (C=O) groups is 1. The fraction of sp³-hybridized carbons (Fsp3) is 0.806. The molecular weight excluding hydrogens is 448 g/mol. The molecule has 0 unspecified atom stereocenters. The number of likely N-dealkylation sites (N-methyl/N-ethyl adjacent to an activating group) is 1. The van der Waals surface area contributed by atoms with Crippen LogP contribution in [0.5, 0.6) is 5.75 Å². The van der Waals surface area contributed by atoms with E-state index in [0.717, 1.165) is 54.7 Å². The van der Waals surface area contributed by atoms with Gasteiger partial charge in [0.05, 0.1) is 11.3 Å². The summed E-state index contributed by atoms with van der Waals surface area (Å²) < 4.78 is 5.60. The maximum absolute atomic E-state index is 11.8. The summed E-state index contributed by atoms with van der Waals surface area (Å²) in [4.78, 5) is 18.6. The standard InChI is InChI=1S/C31H54N2O3/c1-22(2)12-9-13-23(3)14-10-15-24(4)16-11-19-31(7,35)20-17-27-28-18-21-33(8)30(28)32-25(5)29(27)36-26(6)34/h22-24,35H,9-21H2,1-8H3/t23-,24-,31-/m1/s1. The molecule has 0 saturated carbocycles. The number of pyridine rings is 1. The van der Waals surface area contributed by atoms with Gasteiger partial charge in [0.2, 0.25) is 0 Å². The highest BCUT2D eigenvalue weighted by Gasteiger charge is 2.28. The molecule has 2 heterocycles. The quantitative estimate of drug-likeness (QED) is 0.238. The number of hydrogen-bond acceptors (Lipinski definition) is 5. The van der Waals surface area contributed by atoms with Crippen LogP contribution >= 0.6 is 0 Å². The highest BCUT2D eigenvalue weighted by atomic mass is 16.5. The second-order valence-corrected chi connectivity index (χ2v) is 12.4. The highest BCUT2D eigenvalue weighted by molar-refractivity contribution is 5.72. The zero-order chi connectivity index (χ0) is 26.9. The van der Waals surface area contributed by atoms with Crippen LogP contribution in [0.25, 0.3) is 0 Å². The molecule has 0 bridgehead atoms. The highest BCUT2D eigenvalue weighted by Crippen LogP contribution is 2.38. The molecule has 1 aliphatic rings. The SMILES string of the molecule is CC(=O)Oc1c(C)nc2c(c1CC[C@](C)(O)CCC[C@H](C)CCC[C@H](C)CCCC(C)C)CCN2C. The number of ether oxygens (including phenoxy) is 1. The molecule has 3 atom stereocenters. The first-order valence-electron chi connectivity index (χ1n) is 14.5. The number of rotatable bonds is 16. The summed E-state index contributed by atoms with van der Waals surface area (Å²) in [6.45, 7) is 15.6. The lowest BCUT2D eigenvalue weighted by Gasteiger charge is -2.25. The van der Waals surface area contributed by atoms with Crippen molar-refractivity contribution < 1.29 is 14.6 Å². The summed E-state index contributed by atoms with van der Waals surface area (Å²) in [5.41, 5.74) is 2.23. The van der Waals surface area contributed by atoms with Gasteiger partial charge in [-0.05, 0) is 57.3 Å². The van der Waals surface area contributed by atoms with Gasteiger partial charge in [0.25, 0.3) is 0 Å². The number of aromatic nitrogens is 1. The fourth-order valence-electron chi connectivity index (χ4n) is 5.60. The number of hydrogen-bond donors (Lipinski definition) is 1. The summed E-state index contributed by atoms with van der Waals surface area (Å²) in [5.74, 6) is 3.63. The van der Waals surface area contributed by atoms with Crippen molar-refractivity contribution in [1.82, 2.24) is 4.98 Å². The van der Waals surface area contributed by atoms with E-state index in [2.05, 4.69) is 39.6 Å². The molecule has 0 amide bonds. The average Bonchev–Trinajstić information content (AvgIpc) is 3.13. The van der Waals surface area contributed by atoms with E-state index in [-0.39, 0.29) is 5.97 Å². The summed E-state index contributed by atoms with van der Waals surface area (Å²) in [5, 5.41) is 11.2. The third-order valence-electron chi connectivity index (χ3n) is 8.01. The number of esters is 1. The molecule has 0 radical (unpaired) electrons. The van der Waals surface area contributed by atoms with E-state index in [1.165, 1.54) is 57.4 Å². The number of aryl methyl sites for hydroxylation is 1. The van der Waals surface area contributed by atoms with Crippen LogP contribution in [0, 0.1) is 24.7 Å². The molecule has 0 spiro atoms. The van der Waals surface area contributed by atoms with Crippen molar-refractivity contribution in [1.29, 1.82) is 0 Å². The van der Waals surface area contributed by atoms with Crippen molar-refractivity contribution in [3.63, 3.8) is 0 Å². The molecule has 0 saturated heterocycles. The van der Waals surface area contributed by atoms with Gasteiger partial charge in [-0.2, -0.15) is 0 Å². The Bertz CT molecular complexity index is 834. The van der Waals surface area contributed by atoms with Crippen LogP contribution in [-0.2, 0) is 17.6 Å². The summed E-state index contributed by atoms with van der Waals surface area (Å²) in [7, 11) is 2.05. The van der Waals surface area contributed by atoms with Crippen LogP contribution in [0.15, 0.2) is 0 Å². The predicted octanol–water partition coefficient (Wildman–Crippen LogP) is 7.43. The van der Waals surface area contributed by atoms with E-state index < -0.39 is 5.60 Å². The van der Waals surface area contributed by atoms with E-state index in [4.69, 9.17) is 9.72 Å². The minimum Gasteiger partial charge on any atom is -0.424 e. The average molecular weight is 503 g/mol. The number of fused-ring (bicyclic) bond motifs is 1. The number of carbonyl (C=O) groups excluding carboxylic acids is 1. The smallest absolute Gasteiger partial charge is 0.308 e. The van der Waals surface area contributed by atoms with Gasteiger partial charge < -0.3 is 14.7 Å². The van der Waals surface area contributed by atoms with E-state index in [1.54, 1.807) is 0 Å². The van der Waals surface area contributed by atoms with Gasteiger partial charge in [0, 0.05) is 31.6 Å². The van der Waals surface area contributed by atoms with E-state index >= 15 is 0 Å². The Balaban J connectivity index is 1.81. The summed E-state index contributed by atoms with van der Waals surface area (Å²) in [6, 6.07) is 0. The molecule has 0 aromatic carbocycles. The van der Waals surface area contributed by atoms with Crippen molar-refractivity contribution >= 4 is 11.8 Å². The molecule has 1 aromatic heterocycles. The predicted molar refractivity (Wildman–Crippen MR) is 151 cm³/mol. The van der Waals surface area contributed by atoms with Gasteiger partial charge in [-0.3, -0.25) is 4.79 Å². The van der Waals surface area contributed by atoms with Gasteiger partial charge in [-0.25, -0.2) is 4.98 Å². The Morgan fingerprint density at radius 2 is 1.61 bits per heavy atom. The van der Waals surface area contributed by atoms with Gasteiger partial charge >= 0.3 is 5.97 Å². The Morgan fingerprint density at radius 3 is 2.19 bits per heavy atom. The summed E-state index contributed by atoms with van der Waals surface area (Å²) >= 11 is 0. The Hall–Kier alpha value is -1.62. The molecule has 36 heavy (non-hydrogen) atoms. The van der Waals surface area contributed by atoms with Crippen molar-refractivity contribution in [2.75, 3.05) is 18.5 Å². The Morgan fingerprint density at radius 1 is 1.03 bits per heavy atom. The van der Waals surface area contributed by atoms with Crippen LogP contribution in [0.2, 0.25) is 0 Å². The van der Waals surface area contributed by atoms with Gasteiger partial charge in [0.15, 0.2) is 5.75 Å². The van der Waals surface area contributed by atoms with Crippen LogP contribution in [-0.4, -0.2) is 35.3 Å². The van der Waals surface area contributed by atoms with Gasteiger partial charge in [-0.15, -0.1) is 0 Å². The lowest BCUT2D eigenvalue weighted by Crippen LogP contribution is -2.25. The van der Waals surface area contributed by atoms with Crippen LogP contribution < -0.4 is 9.64 Å². The largest absolute Gasteiger partial charge is 0.424 e. The molecule has 5 heteroatoms. The molecule has 206 valence electrons. The first-order valence-corrected chi connectivity index (χ1v) is 14.5. The molecule has 1 N–H and O–H groups in total. The number of aliphatic hydroxyl groups is 1. The molecule has 2 rings (SSSR count). The zero-order valence-electron chi connectivity index (χ0n) is 24.6. The van der Waals surface area contributed by atoms with E-state index in [0.29, 0.717) is 24.5 Å². The maximum Gasteiger partial charge on any atom is 0.308 e. The van der Waals surface area contributed by atoms with Crippen LogP contribution in [0.3, 0.4) is 0 Å². The molecule has 0 fully saturated rings. The second-order valence-electron chi connectivity index (χ2n) is 12.4. The molecule has 1 aromatic rings. The van der Waals surface area contributed by atoms with E-state index in [1.807, 2.05) is 13.8 Å². The zero-order valence-corrected chi connectivity index (χ0v) is 24.6. The fourth-order valence-corrected chi connectivity index (χ4v) is 5.60. The Kier molecular flexibility index (Phi) is 12.2. The first-order chi connectivity index (χ1) is 16.9. The first kappa shape index (κ1) is 30.6. The number of nitrogens with zero attached hydrogens (tertiary/aromatic N) is 2. The van der Waals surface area contributed by atoms with Crippen LogP contribution in [0.1, 0.15) is 123 Å². The summed E-state index contributed by atoms with van der Waals surface area (Å²) in [6.07, 6.45) is 13.3. The number of anilines is 1. The topological polar surface area (TPSA) is 62.7 Å². The van der Waals surface area contributed by atoms with Crippen molar-refractivity contribution in [2.45, 2.75) is 131 Å². The van der Waals surface area contributed by atoms with Gasteiger partial charge in [0.1, 0.15) is 5.82 Å². The van der Waals surface area contributed by atoms with Gasteiger partial charge in [-0.1, -0.05) is 79.1 Å². The van der Waals surface area contributed by atoms with Crippen LogP contribution in [0.4, 0.5) is 5.82 Å². The maximum atomic E-state index is 11.8. The minimum atomic E-state index is -0.729. The van der Waals surface area contributed by atoms with Crippen molar-refractivity contribution in [3.8, 4) is 5.75 Å². The Labute approximate surface area is 221 Å². The van der Waals surface area contributed by atoms with E-state index in [9.17, 15) is 9.90 Å². The van der Waals surface area contributed by atoms with Crippen molar-refractivity contribution in [3.05, 3.63) is 16.8 Å². The molecule has 0 aliphatic carbocycles. The lowest BCUT2D eigenvalue weighted by atomic mass is 9.87. The monoisotopic (exact) mass is 502 g/mol. The molecule has 5 nitrogen and oxygen atoms in total. The third-order valence-corrected chi connectivity index (χ3v) is 8.01. The molecule has 1 aliphatic heterocycles. The second kappa shape index (κ2) is 14.4. The van der Waals surface area contributed by atoms with Crippen molar-refractivity contribution in [2.24, 2.45) is 17.8 Å². The minimum absolute atomic E-state index is 0.321. The lowest BCUT2D eigenvalue weighted by molar-refractivity contribution is -0.132. The molecular formula is C31H54N2O3.